The predicted octanol–water partition coefficient (Wildman–Crippen LogP) is 1.57. The number of piperazine rings is 1. The molecule has 0 atom stereocenters. The molecule has 1 fully saturated rings. The summed E-state index contributed by atoms with van der Waals surface area (Å²) in [5.74, 6) is 1.87. The first-order chi connectivity index (χ1) is 13.1. The highest BCUT2D eigenvalue weighted by atomic mass is 16.6. The molecule has 9 heteroatoms. The van der Waals surface area contributed by atoms with Gasteiger partial charge >= 0.3 is 12.1 Å². The van der Waals surface area contributed by atoms with E-state index < -0.39 is 0 Å². The summed E-state index contributed by atoms with van der Waals surface area (Å²) in [6.45, 7) is 4.65. The van der Waals surface area contributed by atoms with Gasteiger partial charge in [0.2, 0.25) is 0 Å². The van der Waals surface area contributed by atoms with Gasteiger partial charge in [-0.15, -0.1) is 0 Å². The fraction of sp³-hybridized carbons (Fsp3) is 0.556. The Morgan fingerprint density at radius 2 is 1.52 bits per heavy atom. The van der Waals surface area contributed by atoms with Gasteiger partial charge in [-0.25, -0.2) is 9.59 Å². The van der Waals surface area contributed by atoms with Gasteiger partial charge in [0.15, 0.2) is 0 Å². The van der Waals surface area contributed by atoms with Crippen molar-refractivity contribution < 1.29 is 28.5 Å². The number of carbonyl (C=O) groups excluding carboxylic acids is 2. The van der Waals surface area contributed by atoms with Gasteiger partial charge in [-0.05, 0) is 6.92 Å². The van der Waals surface area contributed by atoms with Crippen LogP contribution in [-0.2, 0) is 4.74 Å². The summed E-state index contributed by atoms with van der Waals surface area (Å²) in [5, 5.41) is 2.81. The Bertz CT molecular complexity index is 609. The molecule has 0 saturated carbocycles. The van der Waals surface area contributed by atoms with Crippen LogP contribution in [0.15, 0.2) is 18.2 Å². The van der Waals surface area contributed by atoms with Crippen LogP contribution in [0.2, 0.25) is 0 Å². The first kappa shape index (κ1) is 20.5. The molecule has 0 unspecified atom stereocenters. The van der Waals surface area contributed by atoms with E-state index in [1.807, 2.05) is 0 Å². The van der Waals surface area contributed by atoms with Crippen LogP contribution >= 0.6 is 0 Å². The second kappa shape index (κ2) is 10.3. The molecule has 0 radical (unpaired) electrons. The number of carbonyl (C=O) groups is 2. The SMILES string of the molecule is CCOC(=O)N1CCN(C(=O)NCCOc2cc(OC)cc(OC)c2)CC1. The van der Waals surface area contributed by atoms with E-state index in [1.165, 1.54) is 0 Å². The molecule has 1 aliphatic rings. The summed E-state index contributed by atoms with van der Waals surface area (Å²) in [5.41, 5.74) is 0. The van der Waals surface area contributed by atoms with E-state index in [4.69, 9.17) is 18.9 Å². The van der Waals surface area contributed by atoms with E-state index in [2.05, 4.69) is 5.32 Å². The van der Waals surface area contributed by atoms with E-state index >= 15 is 0 Å². The zero-order chi connectivity index (χ0) is 19.6. The summed E-state index contributed by atoms with van der Waals surface area (Å²) >= 11 is 0. The highest BCUT2D eigenvalue weighted by Gasteiger charge is 2.24. The minimum Gasteiger partial charge on any atom is -0.496 e. The Kier molecular flexibility index (Phi) is 7.84. The average molecular weight is 381 g/mol. The van der Waals surface area contributed by atoms with Crippen LogP contribution in [0.5, 0.6) is 17.2 Å². The van der Waals surface area contributed by atoms with Crippen molar-refractivity contribution in [2.45, 2.75) is 6.92 Å². The maximum atomic E-state index is 12.2. The average Bonchev–Trinajstić information content (AvgIpc) is 2.71. The maximum Gasteiger partial charge on any atom is 0.409 e. The van der Waals surface area contributed by atoms with Crippen LogP contribution in [0.1, 0.15) is 6.92 Å². The van der Waals surface area contributed by atoms with Crippen molar-refractivity contribution in [3.63, 3.8) is 0 Å². The van der Waals surface area contributed by atoms with E-state index in [9.17, 15) is 9.59 Å². The number of hydrogen-bond acceptors (Lipinski definition) is 6. The highest BCUT2D eigenvalue weighted by Crippen LogP contribution is 2.27. The number of nitrogens with zero attached hydrogens (tertiary/aromatic N) is 2. The standard InChI is InChI=1S/C18H27N3O6/c1-4-26-18(23)21-8-6-20(7-9-21)17(22)19-5-10-27-16-12-14(24-2)11-15(13-16)25-3/h11-13H,4-10H2,1-3H3,(H,19,22). The second-order valence-electron chi connectivity index (χ2n) is 5.80. The van der Waals surface area contributed by atoms with Crippen molar-refractivity contribution in [1.82, 2.24) is 15.1 Å². The van der Waals surface area contributed by atoms with Crippen LogP contribution < -0.4 is 19.5 Å². The Morgan fingerprint density at radius 1 is 0.963 bits per heavy atom. The van der Waals surface area contributed by atoms with Gasteiger partial charge in [0, 0.05) is 44.4 Å². The predicted molar refractivity (Wildman–Crippen MR) is 98.6 cm³/mol. The van der Waals surface area contributed by atoms with Crippen molar-refractivity contribution >= 4 is 12.1 Å². The first-order valence-electron chi connectivity index (χ1n) is 8.87. The van der Waals surface area contributed by atoms with E-state index in [0.717, 1.165) is 0 Å². The minimum absolute atomic E-state index is 0.176. The molecule has 0 bridgehead atoms. The summed E-state index contributed by atoms with van der Waals surface area (Å²) in [7, 11) is 3.14. The van der Waals surface area contributed by atoms with Crippen LogP contribution in [0.4, 0.5) is 9.59 Å². The van der Waals surface area contributed by atoms with Gasteiger partial charge in [0.25, 0.3) is 0 Å². The van der Waals surface area contributed by atoms with Crippen molar-refractivity contribution in [1.29, 1.82) is 0 Å². The molecule has 1 aromatic carbocycles. The number of benzene rings is 1. The third-order valence-corrected chi connectivity index (χ3v) is 4.06. The van der Waals surface area contributed by atoms with Gasteiger partial charge in [-0.3, -0.25) is 0 Å². The third kappa shape index (κ3) is 6.12. The number of nitrogens with one attached hydrogen (secondary N) is 1. The Labute approximate surface area is 159 Å². The molecular weight excluding hydrogens is 354 g/mol. The normalized spacial score (nSPS) is 13.7. The molecule has 2 rings (SSSR count). The largest absolute Gasteiger partial charge is 0.496 e. The molecule has 150 valence electrons. The van der Waals surface area contributed by atoms with Crippen molar-refractivity contribution in [3.8, 4) is 17.2 Å². The van der Waals surface area contributed by atoms with Crippen molar-refractivity contribution in [2.75, 3.05) is 60.2 Å². The van der Waals surface area contributed by atoms with Crippen LogP contribution in [0.3, 0.4) is 0 Å². The van der Waals surface area contributed by atoms with Gasteiger partial charge in [0.05, 0.1) is 27.4 Å². The van der Waals surface area contributed by atoms with Crippen molar-refractivity contribution in [3.05, 3.63) is 18.2 Å². The zero-order valence-corrected chi connectivity index (χ0v) is 16.0. The third-order valence-electron chi connectivity index (χ3n) is 4.06. The van der Waals surface area contributed by atoms with E-state index in [1.54, 1.807) is 49.1 Å². The van der Waals surface area contributed by atoms with Gasteiger partial charge in [-0.1, -0.05) is 0 Å². The summed E-state index contributed by atoms with van der Waals surface area (Å²) in [4.78, 5) is 27.1. The van der Waals surface area contributed by atoms with Gasteiger partial charge in [0.1, 0.15) is 23.9 Å². The minimum atomic E-state index is -0.334. The topological polar surface area (TPSA) is 89.6 Å². The number of urea groups is 1. The number of ether oxygens (including phenoxy) is 4. The van der Waals surface area contributed by atoms with Crippen LogP contribution in [-0.4, -0.2) is 82.1 Å². The lowest BCUT2D eigenvalue weighted by molar-refractivity contribution is 0.0851. The molecule has 9 nitrogen and oxygen atoms in total. The number of rotatable bonds is 7. The van der Waals surface area contributed by atoms with E-state index in [0.29, 0.717) is 63.2 Å². The van der Waals surface area contributed by atoms with Gasteiger partial charge < -0.3 is 34.1 Å². The van der Waals surface area contributed by atoms with Gasteiger partial charge in [-0.2, -0.15) is 0 Å². The fourth-order valence-electron chi connectivity index (χ4n) is 2.61. The molecular formula is C18H27N3O6. The smallest absolute Gasteiger partial charge is 0.409 e. The lowest BCUT2D eigenvalue weighted by atomic mass is 10.3. The molecule has 1 saturated heterocycles. The Balaban J connectivity index is 1.70. The molecule has 1 heterocycles. The summed E-state index contributed by atoms with van der Waals surface area (Å²) < 4.78 is 21.0. The number of amides is 3. The quantitative estimate of drug-likeness (QED) is 0.721. The number of hydrogen-bond donors (Lipinski definition) is 1. The molecule has 0 aromatic heterocycles. The van der Waals surface area contributed by atoms with Crippen molar-refractivity contribution in [2.24, 2.45) is 0 Å². The van der Waals surface area contributed by atoms with Crippen LogP contribution in [0.25, 0.3) is 0 Å². The van der Waals surface area contributed by atoms with Crippen LogP contribution in [0, 0.1) is 0 Å². The Hall–Kier alpha value is -2.84. The summed E-state index contributed by atoms with van der Waals surface area (Å²) in [6.07, 6.45) is -0.334. The zero-order valence-electron chi connectivity index (χ0n) is 16.0. The monoisotopic (exact) mass is 381 g/mol. The molecule has 0 aliphatic carbocycles. The molecule has 1 aromatic rings. The maximum absolute atomic E-state index is 12.2. The molecule has 1 N–H and O–H groups in total. The second-order valence-corrected chi connectivity index (χ2v) is 5.80. The summed E-state index contributed by atoms with van der Waals surface area (Å²) in [6, 6.07) is 5.08. The molecule has 27 heavy (non-hydrogen) atoms. The molecule has 1 aliphatic heterocycles. The van der Waals surface area contributed by atoms with E-state index in [-0.39, 0.29) is 12.1 Å². The fourth-order valence-corrected chi connectivity index (χ4v) is 2.61. The highest BCUT2D eigenvalue weighted by molar-refractivity contribution is 5.75. The first-order valence-corrected chi connectivity index (χ1v) is 8.87. The lowest BCUT2D eigenvalue weighted by Crippen LogP contribution is -2.53. The Morgan fingerprint density at radius 3 is 2.07 bits per heavy atom. The molecule has 3 amide bonds. The number of methoxy groups -OCH3 is 2. The lowest BCUT2D eigenvalue weighted by Gasteiger charge is -2.33. The molecule has 0 spiro atoms.